The van der Waals surface area contributed by atoms with Crippen LogP contribution in [0.2, 0.25) is 0 Å². The molecule has 0 unspecified atom stereocenters. The zero-order valence-corrected chi connectivity index (χ0v) is 19.9. The van der Waals surface area contributed by atoms with E-state index in [2.05, 4.69) is 105 Å². The van der Waals surface area contributed by atoms with Gasteiger partial charge in [-0.05, 0) is 96.7 Å². The topological polar surface area (TPSA) is 12.9 Å². The molecule has 1 aromatic heterocycles. The molecule has 0 spiro atoms. The summed E-state index contributed by atoms with van der Waals surface area (Å²) in [6.07, 6.45) is 4.15. The number of rotatable bonds is 2. The van der Waals surface area contributed by atoms with Gasteiger partial charge < -0.3 is 0 Å². The lowest BCUT2D eigenvalue weighted by molar-refractivity contribution is 0.922. The van der Waals surface area contributed by atoms with Crippen LogP contribution in [-0.4, -0.2) is 4.98 Å². The van der Waals surface area contributed by atoms with Crippen molar-refractivity contribution < 1.29 is 0 Å². The first-order valence-electron chi connectivity index (χ1n) is 12.3. The van der Waals surface area contributed by atoms with E-state index in [-0.39, 0.29) is 0 Å². The van der Waals surface area contributed by atoms with Crippen molar-refractivity contribution in [3.05, 3.63) is 124 Å². The van der Waals surface area contributed by atoms with Gasteiger partial charge in [-0.15, -0.1) is 0 Å². The Hall–Kier alpha value is -3.71. The minimum atomic E-state index is 1.01. The van der Waals surface area contributed by atoms with Gasteiger partial charge in [-0.25, -0.2) is 4.98 Å². The maximum Gasteiger partial charge on any atom is 0.0790 e. The van der Waals surface area contributed by atoms with Crippen LogP contribution in [0.1, 0.15) is 33.4 Å². The molecular weight excluding hydrogens is 410 g/mol. The predicted octanol–water partition coefficient (Wildman–Crippen LogP) is 8.07. The first-order chi connectivity index (χ1) is 16.6. The van der Waals surface area contributed by atoms with E-state index in [4.69, 9.17) is 4.98 Å². The summed E-state index contributed by atoms with van der Waals surface area (Å²) in [7, 11) is 0. The number of aryl methyl sites for hydroxylation is 6. The summed E-state index contributed by atoms with van der Waals surface area (Å²) in [6, 6.07) is 33.9. The van der Waals surface area contributed by atoms with E-state index in [1.807, 2.05) is 0 Å². The quantitative estimate of drug-likeness (QED) is 0.271. The molecule has 0 fully saturated rings. The van der Waals surface area contributed by atoms with Gasteiger partial charge in [-0.3, -0.25) is 0 Å². The average molecular weight is 440 g/mol. The third-order valence-electron chi connectivity index (χ3n) is 7.21. The van der Waals surface area contributed by atoms with E-state index in [1.165, 1.54) is 55.5 Å². The monoisotopic (exact) mass is 439 g/mol. The number of hydrogen-bond acceptors (Lipinski definition) is 1. The Kier molecular flexibility index (Phi) is 5.26. The van der Waals surface area contributed by atoms with Crippen LogP contribution in [0.5, 0.6) is 0 Å². The summed E-state index contributed by atoms with van der Waals surface area (Å²) >= 11 is 0. The minimum Gasteiger partial charge on any atom is -0.247 e. The van der Waals surface area contributed by atoms with Gasteiger partial charge in [-0.1, -0.05) is 72.8 Å². The molecule has 4 bridgehead atoms. The molecule has 34 heavy (non-hydrogen) atoms. The molecule has 9 rings (SSSR count). The maximum atomic E-state index is 5.36. The van der Waals surface area contributed by atoms with E-state index < -0.39 is 0 Å². The molecule has 0 atom stereocenters. The second-order valence-corrected chi connectivity index (χ2v) is 9.71. The van der Waals surface area contributed by atoms with Gasteiger partial charge >= 0.3 is 0 Å². The van der Waals surface area contributed by atoms with Crippen LogP contribution < -0.4 is 0 Å². The Balaban J connectivity index is 1.59. The molecule has 0 amide bonds. The summed E-state index contributed by atoms with van der Waals surface area (Å²) in [4.78, 5) is 5.36. The fraction of sp³-hybridized carbons (Fsp3) is 0.182. The predicted molar refractivity (Wildman–Crippen MR) is 143 cm³/mol. The molecule has 4 aliphatic rings. The normalized spacial score (nSPS) is 13.1. The Labute approximate surface area is 202 Å². The van der Waals surface area contributed by atoms with E-state index in [1.54, 1.807) is 0 Å². The molecule has 0 radical (unpaired) electrons. The van der Waals surface area contributed by atoms with Crippen molar-refractivity contribution in [1.82, 2.24) is 4.98 Å². The molecular formula is C33H29N. The summed E-state index contributed by atoms with van der Waals surface area (Å²) in [5.74, 6) is 0. The van der Waals surface area contributed by atoms with Crippen LogP contribution >= 0.6 is 0 Å². The SMILES string of the molecule is Cc1cc(C)c2cc(-c3ccccc3)c(-c3cc4ccc3CCc3ccc(cc3)CC4)nc2c1. The smallest absolute Gasteiger partial charge is 0.0790 e. The third-order valence-corrected chi connectivity index (χ3v) is 7.21. The fourth-order valence-corrected chi connectivity index (χ4v) is 5.33. The molecule has 1 nitrogen and oxygen atoms in total. The second-order valence-electron chi connectivity index (χ2n) is 9.71. The van der Waals surface area contributed by atoms with E-state index in [9.17, 15) is 0 Å². The molecule has 0 N–H and O–H groups in total. The van der Waals surface area contributed by atoms with Crippen molar-refractivity contribution in [1.29, 1.82) is 0 Å². The summed E-state index contributed by atoms with van der Waals surface area (Å²) in [5, 5.41) is 1.24. The molecule has 0 saturated carbocycles. The van der Waals surface area contributed by atoms with Crippen molar-refractivity contribution in [2.75, 3.05) is 0 Å². The van der Waals surface area contributed by atoms with Crippen molar-refractivity contribution in [3.8, 4) is 22.4 Å². The van der Waals surface area contributed by atoms with Crippen molar-refractivity contribution in [2.24, 2.45) is 0 Å². The van der Waals surface area contributed by atoms with E-state index in [0.29, 0.717) is 0 Å². The molecule has 4 aliphatic carbocycles. The van der Waals surface area contributed by atoms with Crippen molar-refractivity contribution >= 4 is 10.9 Å². The molecule has 1 heteroatoms. The van der Waals surface area contributed by atoms with Crippen LogP contribution in [0, 0.1) is 13.8 Å². The lowest BCUT2D eigenvalue weighted by atomic mass is 9.89. The Morgan fingerprint density at radius 1 is 0.588 bits per heavy atom. The van der Waals surface area contributed by atoms with Gasteiger partial charge in [0.2, 0.25) is 0 Å². The van der Waals surface area contributed by atoms with Crippen LogP contribution in [0.3, 0.4) is 0 Å². The zero-order chi connectivity index (χ0) is 23.1. The van der Waals surface area contributed by atoms with Crippen LogP contribution in [-0.2, 0) is 25.7 Å². The fourth-order valence-electron chi connectivity index (χ4n) is 5.33. The minimum absolute atomic E-state index is 1.01. The Morgan fingerprint density at radius 2 is 1.26 bits per heavy atom. The number of aromatic nitrogens is 1. The highest BCUT2D eigenvalue weighted by atomic mass is 14.7. The largest absolute Gasteiger partial charge is 0.247 e. The highest BCUT2D eigenvalue weighted by molar-refractivity contribution is 5.94. The Morgan fingerprint density at radius 3 is 2.03 bits per heavy atom. The van der Waals surface area contributed by atoms with Crippen molar-refractivity contribution in [2.45, 2.75) is 39.5 Å². The highest BCUT2D eigenvalue weighted by Gasteiger charge is 2.17. The molecule has 0 aliphatic heterocycles. The van der Waals surface area contributed by atoms with Gasteiger partial charge in [0.25, 0.3) is 0 Å². The first-order valence-corrected chi connectivity index (χ1v) is 12.3. The maximum absolute atomic E-state index is 5.36. The number of hydrogen-bond donors (Lipinski definition) is 0. The number of pyridine rings is 1. The zero-order valence-electron chi connectivity index (χ0n) is 19.9. The third kappa shape index (κ3) is 3.92. The summed E-state index contributed by atoms with van der Waals surface area (Å²) in [6.45, 7) is 4.36. The molecule has 4 aromatic carbocycles. The van der Waals surface area contributed by atoms with Gasteiger partial charge in [0.15, 0.2) is 0 Å². The van der Waals surface area contributed by atoms with Crippen LogP contribution in [0.15, 0.2) is 91.0 Å². The Bertz CT molecular complexity index is 1490. The summed E-state index contributed by atoms with van der Waals surface area (Å²) < 4.78 is 0. The first kappa shape index (κ1) is 20.9. The van der Waals surface area contributed by atoms with E-state index in [0.717, 1.165) is 36.9 Å². The van der Waals surface area contributed by atoms with Gasteiger partial charge in [0.05, 0.1) is 11.2 Å². The standard InChI is InChI=1S/C33H29N/c1-22-18-23(2)29-21-31(27-6-4-3-5-7-27)33(34-32(29)19-22)30-20-26-13-12-24-8-10-25(11-9-24)14-16-28(30)17-15-26/h3-11,15,17-21H,12-14,16H2,1-2H3. The highest BCUT2D eigenvalue weighted by Crippen LogP contribution is 2.37. The van der Waals surface area contributed by atoms with E-state index >= 15 is 0 Å². The van der Waals surface area contributed by atoms with Crippen LogP contribution in [0.25, 0.3) is 33.3 Å². The average Bonchev–Trinajstić information content (AvgIpc) is 2.85. The summed E-state index contributed by atoms with van der Waals surface area (Å²) in [5.41, 5.74) is 14.0. The molecule has 0 saturated heterocycles. The van der Waals surface area contributed by atoms with Gasteiger partial charge in [0, 0.05) is 16.5 Å². The lowest BCUT2D eigenvalue weighted by Gasteiger charge is -2.18. The van der Waals surface area contributed by atoms with Gasteiger partial charge in [-0.2, -0.15) is 0 Å². The van der Waals surface area contributed by atoms with Gasteiger partial charge in [0.1, 0.15) is 0 Å². The molecule has 166 valence electrons. The van der Waals surface area contributed by atoms with Crippen LogP contribution in [0.4, 0.5) is 0 Å². The molecule has 1 heterocycles. The number of nitrogens with zero attached hydrogens (tertiary/aromatic N) is 1. The van der Waals surface area contributed by atoms with Crippen molar-refractivity contribution in [3.63, 3.8) is 0 Å². The lowest BCUT2D eigenvalue weighted by Crippen LogP contribution is -2.02. The molecule has 5 aromatic rings. The number of benzene rings is 4. The second kappa shape index (κ2) is 8.57. The number of fused-ring (bicyclic) bond motifs is 1.